The first-order valence-electron chi connectivity index (χ1n) is 7.22. The zero-order valence-electron chi connectivity index (χ0n) is 12.0. The van der Waals surface area contributed by atoms with Crippen molar-refractivity contribution in [3.8, 4) is 0 Å². The van der Waals surface area contributed by atoms with Crippen molar-refractivity contribution in [1.29, 1.82) is 0 Å². The molecule has 0 spiro atoms. The molecule has 0 saturated heterocycles. The fourth-order valence-corrected chi connectivity index (χ4v) is 3.18. The molecule has 0 fully saturated rings. The number of amides is 1. The number of para-hydroxylation sites is 1. The van der Waals surface area contributed by atoms with Gasteiger partial charge in [0.1, 0.15) is 5.01 Å². The number of carbonyl (C=O) groups is 1. The van der Waals surface area contributed by atoms with Gasteiger partial charge in [-0.3, -0.25) is 4.79 Å². The summed E-state index contributed by atoms with van der Waals surface area (Å²) < 4.78 is 0. The van der Waals surface area contributed by atoms with E-state index in [1.54, 1.807) is 0 Å². The lowest BCUT2D eigenvalue weighted by atomic mass is 10.0. The molecule has 2 heterocycles. The Labute approximate surface area is 128 Å². The van der Waals surface area contributed by atoms with Crippen LogP contribution in [0, 0.1) is 0 Å². The first-order chi connectivity index (χ1) is 10.3. The second-order valence-electron chi connectivity index (χ2n) is 5.04. The summed E-state index contributed by atoms with van der Waals surface area (Å²) in [5.74, 6) is 0.159. The number of aromatic nitrogens is 2. The molecule has 110 valence electrons. The van der Waals surface area contributed by atoms with Gasteiger partial charge in [0.2, 0.25) is 11.0 Å². The minimum absolute atomic E-state index is 0.159. The number of rotatable bonds is 5. The summed E-state index contributed by atoms with van der Waals surface area (Å²) in [5.41, 5.74) is 2.23. The molecule has 1 aliphatic heterocycles. The standard InChI is InChI=1S/C15H18N4OS/c1-2-9-16-15-18-17-13(21-15)10-19-12-6-4-3-5-11(12)7-8-14(19)20/h3-6H,2,7-10H2,1H3,(H,16,18). The van der Waals surface area contributed by atoms with Crippen molar-refractivity contribution in [2.24, 2.45) is 0 Å². The summed E-state index contributed by atoms with van der Waals surface area (Å²) in [7, 11) is 0. The minimum Gasteiger partial charge on any atom is -0.360 e. The number of anilines is 2. The number of aryl methyl sites for hydroxylation is 1. The highest BCUT2D eigenvalue weighted by atomic mass is 32.1. The predicted octanol–water partition coefficient (Wildman–Crippen LogP) is 2.84. The zero-order chi connectivity index (χ0) is 14.7. The Balaban J connectivity index is 1.78. The van der Waals surface area contributed by atoms with Gasteiger partial charge in [0.25, 0.3) is 0 Å². The van der Waals surface area contributed by atoms with Crippen LogP contribution in [0.4, 0.5) is 10.8 Å². The first-order valence-corrected chi connectivity index (χ1v) is 8.04. The Morgan fingerprint density at radius 1 is 1.29 bits per heavy atom. The molecule has 1 aliphatic rings. The summed E-state index contributed by atoms with van der Waals surface area (Å²) in [6.45, 7) is 3.50. The number of carbonyl (C=O) groups excluding carboxylic acids is 1. The maximum absolute atomic E-state index is 12.2. The van der Waals surface area contributed by atoms with Crippen LogP contribution in [0.1, 0.15) is 30.3 Å². The van der Waals surface area contributed by atoms with E-state index in [9.17, 15) is 4.79 Å². The molecule has 2 aromatic rings. The van der Waals surface area contributed by atoms with E-state index in [1.165, 1.54) is 16.9 Å². The molecule has 1 aromatic carbocycles. The van der Waals surface area contributed by atoms with E-state index in [-0.39, 0.29) is 5.91 Å². The maximum atomic E-state index is 12.2. The van der Waals surface area contributed by atoms with Crippen LogP contribution in [0.3, 0.4) is 0 Å². The highest BCUT2D eigenvalue weighted by Gasteiger charge is 2.24. The molecule has 3 rings (SSSR count). The highest BCUT2D eigenvalue weighted by molar-refractivity contribution is 7.15. The van der Waals surface area contributed by atoms with E-state index in [0.29, 0.717) is 13.0 Å². The average molecular weight is 302 g/mol. The van der Waals surface area contributed by atoms with Crippen molar-refractivity contribution in [2.75, 3.05) is 16.8 Å². The van der Waals surface area contributed by atoms with Crippen molar-refractivity contribution >= 4 is 28.1 Å². The number of nitrogens with zero attached hydrogens (tertiary/aromatic N) is 3. The van der Waals surface area contributed by atoms with Gasteiger partial charge in [-0.25, -0.2) is 0 Å². The Morgan fingerprint density at radius 2 is 2.14 bits per heavy atom. The van der Waals surface area contributed by atoms with Gasteiger partial charge < -0.3 is 10.2 Å². The quantitative estimate of drug-likeness (QED) is 0.922. The predicted molar refractivity (Wildman–Crippen MR) is 84.6 cm³/mol. The third-order valence-corrected chi connectivity index (χ3v) is 4.34. The topological polar surface area (TPSA) is 58.1 Å². The molecule has 0 radical (unpaired) electrons. The van der Waals surface area contributed by atoms with E-state index in [2.05, 4.69) is 28.5 Å². The molecular weight excluding hydrogens is 284 g/mol. The molecule has 1 aromatic heterocycles. The van der Waals surface area contributed by atoms with Crippen molar-refractivity contribution in [3.05, 3.63) is 34.8 Å². The van der Waals surface area contributed by atoms with Crippen molar-refractivity contribution < 1.29 is 4.79 Å². The van der Waals surface area contributed by atoms with Crippen LogP contribution >= 0.6 is 11.3 Å². The lowest BCUT2D eigenvalue weighted by Crippen LogP contribution is -2.34. The van der Waals surface area contributed by atoms with Gasteiger partial charge in [-0.15, -0.1) is 10.2 Å². The number of benzene rings is 1. The second kappa shape index (κ2) is 6.22. The van der Waals surface area contributed by atoms with Gasteiger partial charge in [0.15, 0.2) is 0 Å². The number of nitrogens with one attached hydrogen (secondary N) is 1. The van der Waals surface area contributed by atoms with Gasteiger partial charge in [-0.2, -0.15) is 0 Å². The van der Waals surface area contributed by atoms with E-state index in [0.717, 1.165) is 35.2 Å². The molecule has 1 N–H and O–H groups in total. The van der Waals surface area contributed by atoms with Crippen molar-refractivity contribution in [1.82, 2.24) is 10.2 Å². The van der Waals surface area contributed by atoms with Crippen LogP contribution in [0.2, 0.25) is 0 Å². The lowest BCUT2D eigenvalue weighted by molar-refractivity contribution is -0.119. The monoisotopic (exact) mass is 302 g/mol. The summed E-state index contributed by atoms with van der Waals surface area (Å²) in [5, 5.41) is 13.2. The first kappa shape index (κ1) is 14.0. The van der Waals surface area contributed by atoms with E-state index in [1.807, 2.05) is 23.1 Å². The van der Waals surface area contributed by atoms with Crippen LogP contribution in [0.25, 0.3) is 0 Å². The van der Waals surface area contributed by atoms with Crippen LogP contribution in [0.15, 0.2) is 24.3 Å². The fourth-order valence-electron chi connectivity index (χ4n) is 2.43. The number of fused-ring (bicyclic) bond motifs is 1. The number of hydrogen-bond donors (Lipinski definition) is 1. The molecule has 0 unspecified atom stereocenters. The van der Waals surface area contributed by atoms with E-state index < -0.39 is 0 Å². The molecular formula is C15H18N4OS. The van der Waals surface area contributed by atoms with Gasteiger partial charge in [0.05, 0.1) is 6.54 Å². The van der Waals surface area contributed by atoms with Gasteiger partial charge in [-0.05, 0) is 24.5 Å². The Bertz CT molecular complexity index is 640. The smallest absolute Gasteiger partial charge is 0.227 e. The largest absolute Gasteiger partial charge is 0.360 e. The summed E-state index contributed by atoms with van der Waals surface area (Å²) in [4.78, 5) is 14.0. The zero-order valence-corrected chi connectivity index (χ0v) is 12.8. The van der Waals surface area contributed by atoms with E-state index >= 15 is 0 Å². The molecule has 0 saturated carbocycles. The Morgan fingerprint density at radius 3 is 3.00 bits per heavy atom. The lowest BCUT2D eigenvalue weighted by Gasteiger charge is -2.28. The Hall–Kier alpha value is -1.95. The van der Waals surface area contributed by atoms with Crippen LogP contribution in [0.5, 0.6) is 0 Å². The molecule has 21 heavy (non-hydrogen) atoms. The second-order valence-corrected chi connectivity index (χ2v) is 6.10. The molecule has 0 aliphatic carbocycles. The average Bonchev–Trinajstić information content (AvgIpc) is 2.96. The molecule has 0 atom stereocenters. The fraction of sp³-hybridized carbons (Fsp3) is 0.400. The SMILES string of the molecule is CCCNc1nnc(CN2C(=O)CCc3ccccc32)s1. The maximum Gasteiger partial charge on any atom is 0.227 e. The van der Waals surface area contributed by atoms with Crippen LogP contribution in [-0.4, -0.2) is 22.6 Å². The van der Waals surface area contributed by atoms with Gasteiger partial charge >= 0.3 is 0 Å². The van der Waals surface area contributed by atoms with Gasteiger partial charge in [0, 0.05) is 18.7 Å². The minimum atomic E-state index is 0.159. The number of hydrogen-bond acceptors (Lipinski definition) is 5. The third-order valence-electron chi connectivity index (χ3n) is 3.48. The Kier molecular flexibility index (Phi) is 4.15. The van der Waals surface area contributed by atoms with Crippen LogP contribution < -0.4 is 10.2 Å². The van der Waals surface area contributed by atoms with Crippen molar-refractivity contribution in [2.45, 2.75) is 32.7 Å². The normalized spacial score (nSPS) is 14.1. The van der Waals surface area contributed by atoms with E-state index in [4.69, 9.17) is 0 Å². The van der Waals surface area contributed by atoms with Crippen LogP contribution in [-0.2, 0) is 17.8 Å². The third kappa shape index (κ3) is 3.05. The highest BCUT2D eigenvalue weighted by Crippen LogP contribution is 2.29. The molecule has 5 nitrogen and oxygen atoms in total. The summed E-state index contributed by atoms with van der Waals surface area (Å²) >= 11 is 1.52. The molecule has 1 amide bonds. The summed E-state index contributed by atoms with van der Waals surface area (Å²) in [6.07, 6.45) is 2.44. The van der Waals surface area contributed by atoms with Gasteiger partial charge in [-0.1, -0.05) is 36.5 Å². The molecule has 0 bridgehead atoms. The summed E-state index contributed by atoms with van der Waals surface area (Å²) in [6, 6.07) is 8.08. The van der Waals surface area contributed by atoms with Crippen molar-refractivity contribution in [3.63, 3.8) is 0 Å². The molecule has 6 heteroatoms.